The molecule has 1 aliphatic rings. The molecule has 14 heteroatoms. The molecule has 1 aliphatic heterocycles. The monoisotopic (exact) mass is 595 g/mol. The van der Waals surface area contributed by atoms with Crippen molar-refractivity contribution in [3.05, 3.63) is 76.7 Å². The molecule has 0 radical (unpaired) electrons. The molecular formula is C27H20ClF6N5O2. The Labute approximate surface area is 234 Å². The smallest absolute Gasteiger partial charge is 0.323 e. The third kappa shape index (κ3) is 5.94. The van der Waals surface area contributed by atoms with Gasteiger partial charge in [0.05, 0.1) is 22.9 Å². The summed E-state index contributed by atoms with van der Waals surface area (Å²) in [6.07, 6.45) is 3.69. The molecule has 3 aromatic carbocycles. The van der Waals surface area contributed by atoms with Crippen LogP contribution in [0.5, 0.6) is 11.5 Å². The first kappa shape index (κ1) is 28.3. The van der Waals surface area contributed by atoms with Crippen LogP contribution in [0.2, 0.25) is 5.02 Å². The van der Waals surface area contributed by atoms with Gasteiger partial charge in [-0.3, -0.25) is 4.98 Å². The fraction of sp³-hybridized carbons (Fsp3) is 0.222. The first-order valence-electron chi connectivity index (χ1n) is 12.2. The molecule has 1 fully saturated rings. The van der Waals surface area contributed by atoms with Crippen molar-refractivity contribution in [1.29, 1.82) is 0 Å². The van der Waals surface area contributed by atoms with Gasteiger partial charge in [-0.2, -0.15) is 13.2 Å². The highest BCUT2D eigenvalue weighted by atomic mass is 35.5. The van der Waals surface area contributed by atoms with Crippen LogP contribution in [0.1, 0.15) is 18.4 Å². The van der Waals surface area contributed by atoms with Gasteiger partial charge in [-0.05, 0) is 43.2 Å². The van der Waals surface area contributed by atoms with Gasteiger partial charge < -0.3 is 20.3 Å². The average molecular weight is 596 g/mol. The van der Waals surface area contributed by atoms with Crippen LogP contribution in [-0.2, 0) is 5.92 Å². The van der Waals surface area contributed by atoms with Crippen molar-refractivity contribution in [3.63, 3.8) is 0 Å². The van der Waals surface area contributed by atoms with E-state index in [1.54, 1.807) is 6.20 Å². The summed E-state index contributed by atoms with van der Waals surface area (Å²) in [5.74, 6) is -9.09. The highest BCUT2D eigenvalue weighted by Crippen LogP contribution is 2.36. The minimum absolute atomic E-state index is 0.0374. The molecular weight excluding hydrogens is 576 g/mol. The van der Waals surface area contributed by atoms with E-state index in [1.807, 2.05) is 5.32 Å². The topological polar surface area (TPSA) is 79.4 Å². The van der Waals surface area contributed by atoms with Gasteiger partial charge in [0, 0.05) is 41.5 Å². The first-order valence-corrected chi connectivity index (χ1v) is 12.6. The van der Waals surface area contributed by atoms with Crippen LogP contribution in [0, 0.1) is 17.5 Å². The molecule has 2 amide bonds. The highest BCUT2D eigenvalue weighted by molar-refractivity contribution is 6.31. The van der Waals surface area contributed by atoms with E-state index in [9.17, 15) is 31.1 Å². The Morgan fingerprint density at radius 3 is 2.49 bits per heavy atom. The zero-order chi connectivity index (χ0) is 29.3. The lowest BCUT2D eigenvalue weighted by atomic mass is 10.1. The van der Waals surface area contributed by atoms with Gasteiger partial charge in [-0.15, -0.1) is 0 Å². The van der Waals surface area contributed by atoms with Crippen LogP contribution < -0.4 is 20.3 Å². The SMILES string of the molecule is O=C(Nc1ccc(Cl)c(C(F)(F)CF)c1)Nc1cc(F)c(Oc2ccc3ncc(N4CCCC4)nc3c2)c(F)c1F. The number of carbonyl (C=O) groups excluding carboxylic acids is 1. The van der Waals surface area contributed by atoms with Gasteiger partial charge in [0.1, 0.15) is 11.6 Å². The maximum atomic E-state index is 14.9. The first-order chi connectivity index (χ1) is 19.6. The number of benzene rings is 3. The minimum Gasteiger partial charge on any atom is -0.451 e. The van der Waals surface area contributed by atoms with Crippen LogP contribution in [0.4, 0.5) is 48.3 Å². The Morgan fingerprint density at radius 2 is 1.76 bits per heavy atom. The normalized spacial score (nSPS) is 13.5. The fourth-order valence-electron chi connectivity index (χ4n) is 4.26. The molecule has 7 nitrogen and oxygen atoms in total. The van der Waals surface area contributed by atoms with Crippen LogP contribution in [0.15, 0.2) is 48.7 Å². The largest absolute Gasteiger partial charge is 0.451 e. The van der Waals surface area contributed by atoms with Gasteiger partial charge in [-0.1, -0.05) is 11.6 Å². The summed E-state index contributed by atoms with van der Waals surface area (Å²) in [6.45, 7) is -0.368. The van der Waals surface area contributed by atoms with E-state index < -0.39 is 58.1 Å². The summed E-state index contributed by atoms with van der Waals surface area (Å²) >= 11 is 5.69. The molecule has 0 atom stereocenters. The maximum absolute atomic E-state index is 14.9. The Morgan fingerprint density at radius 1 is 1.00 bits per heavy atom. The van der Waals surface area contributed by atoms with Gasteiger partial charge >= 0.3 is 12.0 Å². The van der Waals surface area contributed by atoms with Crippen molar-refractivity contribution >= 4 is 45.9 Å². The van der Waals surface area contributed by atoms with Gasteiger partial charge in [-0.25, -0.2) is 22.9 Å². The highest BCUT2D eigenvalue weighted by Gasteiger charge is 2.34. The van der Waals surface area contributed by atoms with Crippen molar-refractivity contribution < 1.29 is 35.9 Å². The lowest BCUT2D eigenvalue weighted by molar-refractivity contribution is -0.0279. The summed E-state index contributed by atoms with van der Waals surface area (Å²) in [6, 6.07) is 6.42. The zero-order valence-electron chi connectivity index (χ0n) is 21.0. The number of aromatic nitrogens is 2. The second-order valence-electron chi connectivity index (χ2n) is 9.15. The number of hydrogen-bond donors (Lipinski definition) is 2. The van der Waals surface area contributed by atoms with Crippen LogP contribution >= 0.6 is 11.6 Å². The number of nitrogens with zero attached hydrogens (tertiary/aromatic N) is 3. The van der Waals surface area contributed by atoms with Crippen LogP contribution in [0.25, 0.3) is 11.0 Å². The molecule has 0 aliphatic carbocycles. The molecule has 2 N–H and O–H groups in total. The van der Waals surface area contributed by atoms with Crippen molar-refractivity contribution in [2.24, 2.45) is 0 Å². The predicted octanol–water partition coefficient (Wildman–Crippen LogP) is 7.80. The number of hydrogen-bond acceptors (Lipinski definition) is 5. The summed E-state index contributed by atoms with van der Waals surface area (Å²) in [5.41, 5.74) is -1.13. The number of amides is 2. The van der Waals surface area contributed by atoms with Crippen molar-refractivity contribution in [2.45, 2.75) is 18.8 Å². The van der Waals surface area contributed by atoms with Crippen molar-refractivity contribution in [3.8, 4) is 11.5 Å². The summed E-state index contributed by atoms with van der Waals surface area (Å²) in [5, 5.41) is 3.54. The molecule has 0 bridgehead atoms. The van der Waals surface area contributed by atoms with E-state index in [2.05, 4.69) is 20.2 Å². The molecule has 0 saturated carbocycles. The van der Waals surface area contributed by atoms with E-state index >= 15 is 0 Å². The van der Waals surface area contributed by atoms with Crippen molar-refractivity contribution in [2.75, 3.05) is 35.3 Å². The Hall–Kier alpha value is -4.26. The molecule has 5 rings (SSSR count). The van der Waals surface area contributed by atoms with E-state index in [1.165, 1.54) is 18.2 Å². The molecule has 4 aromatic rings. The standard InChI is InChI=1S/C27H20ClF6N5O2/c28-17-5-3-14(9-16(17)27(33,34)13-29)36-26(40)38-21-11-18(30)25(24(32)23(21)31)41-15-4-6-19-20(10-15)37-22(12-35-19)39-7-1-2-8-39/h3-6,9-12H,1-2,7-8,13H2,(H2,36,38,40). The summed E-state index contributed by atoms with van der Waals surface area (Å²) in [4.78, 5) is 23.3. The van der Waals surface area contributed by atoms with Gasteiger partial charge in [0.15, 0.2) is 18.3 Å². The molecule has 0 unspecified atom stereocenters. The quantitative estimate of drug-likeness (QED) is 0.168. The van der Waals surface area contributed by atoms with E-state index in [4.69, 9.17) is 16.3 Å². The minimum atomic E-state index is -3.92. The summed E-state index contributed by atoms with van der Waals surface area (Å²) in [7, 11) is 0. The third-order valence-corrected chi connectivity index (χ3v) is 6.63. The zero-order valence-corrected chi connectivity index (χ0v) is 21.7. The molecule has 2 heterocycles. The Bertz CT molecular complexity index is 1630. The average Bonchev–Trinajstić information content (AvgIpc) is 3.50. The number of urea groups is 1. The Balaban J connectivity index is 1.33. The lowest BCUT2D eigenvalue weighted by Gasteiger charge is -2.17. The van der Waals surface area contributed by atoms with Gasteiger partial charge in [0.2, 0.25) is 11.6 Å². The third-order valence-electron chi connectivity index (χ3n) is 6.30. The number of carbonyl (C=O) groups is 1. The molecule has 214 valence electrons. The maximum Gasteiger partial charge on any atom is 0.323 e. The van der Waals surface area contributed by atoms with E-state index in [-0.39, 0.29) is 11.4 Å². The van der Waals surface area contributed by atoms with Crippen molar-refractivity contribution in [1.82, 2.24) is 9.97 Å². The molecule has 0 spiro atoms. The van der Waals surface area contributed by atoms with Gasteiger partial charge in [0.25, 0.3) is 0 Å². The Kier molecular flexibility index (Phi) is 7.80. The molecule has 1 aromatic heterocycles. The van der Waals surface area contributed by atoms with Crippen LogP contribution in [-0.4, -0.2) is 35.8 Å². The number of anilines is 3. The number of fused-ring (bicyclic) bond motifs is 1. The van der Waals surface area contributed by atoms with E-state index in [0.717, 1.165) is 44.1 Å². The number of ether oxygens (including phenoxy) is 1. The second kappa shape index (κ2) is 11.3. The fourth-order valence-corrected chi connectivity index (χ4v) is 4.52. The van der Waals surface area contributed by atoms with E-state index in [0.29, 0.717) is 22.9 Å². The molecule has 1 saturated heterocycles. The number of halogens is 7. The summed E-state index contributed by atoms with van der Waals surface area (Å²) < 4.78 is 90.0. The van der Waals surface area contributed by atoms with Crippen LogP contribution in [0.3, 0.4) is 0 Å². The number of alkyl halides is 3. The number of nitrogens with one attached hydrogen (secondary N) is 2. The second-order valence-corrected chi connectivity index (χ2v) is 9.56. The lowest BCUT2D eigenvalue weighted by Crippen LogP contribution is -2.22. The number of rotatable bonds is 7. The molecule has 41 heavy (non-hydrogen) atoms. The predicted molar refractivity (Wildman–Crippen MR) is 141 cm³/mol.